The Bertz CT molecular complexity index is 1170. The number of rotatable bonds is 6. The van der Waals surface area contributed by atoms with E-state index in [1.165, 1.54) is 18.2 Å². The molecule has 2 fully saturated rings. The van der Waals surface area contributed by atoms with Gasteiger partial charge in [0, 0.05) is 50.5 Å². The smallest absolute Gasteiger partial charge is 0.261 e. The molecule has 10 heteroatoms. The number of carbonyl (C=O) groups excluding carboxylic acids is 2. The van der Waals surface area contributed by atoms with Crippen LogP contribution in [-0.2, 0) is 14.8 Å². The summed E-state index contributed by atoms with van der Waals surface area (Å²) in [5.41, 5.74) is 0.936. The molecule has 4 rings (SSSR count). The fourth-order valence-corrected chi connectivity index (χ4v) is 5.28. The van der Waals surface area contributed by atoms with Crippen molar-refractivity contribution >= 4 is 27.5 Å². The van der Waals surface area contributed by atoms with Gasteiger partial charge in [0.15, 0.2) is 0 Å². The molecule has 0 saturated carbocycles. The molecule has 2 aliphatic rings. The summed E-state index contributed by atoms with van der Waals surface area (Å²) >= 11 is 0. The third-order valence-electron chi connectivity index (χ3n) is 6.29. The molecular formula is C24H29FN4O4S. The van der Waals surface area contributed by atoms with Crippen molar-refractivity contribution < 1.29 is 22.4 Å². The number of nitrogens with one attached hydrogen (secondary N) is 1. The fraction of sp³-hybridized carbons (Fsp3) is 0.417. The monoisotopic (exact) mass is 488 g/mol. The van der Waals surface area contributed by atoms with Crippen LogP contribution in [0.5, 0.6) is 0 Å². The van der Waals surface area contributed by atoms with Crippen LogP contribution < -0.4 is 4.72 Å². The highest BCUT2D eigenvalue weighted by molar-refractivity contribution is 7.92. The van der Waals surface area contributed by atoms with Crippen molar-refractivity contribution in [3.05, 3.63) is 59.4 Å². The number of likely N-dealkylation sites (tertiary alicyclic amines) is 1. The molecule has 0 atom stereocenters. The molecule has 2 aromatic rings. The second-order valence-corrected chi connectivity index (χ2v) is 10.4. The molecule has 2 amide bonds. The van der Waals surface area contributed by atoms with Gasteiger partial charge in [-0.15, -0.1) is 0 Å². The molecule has 2 aliphatic heterocycles. The Labute approximate surface area is 199 Å². The van der Waals surface area contributed by atoms with Gasteiger partial charge < -0.3 is 9.80 Å². The number of aryl methyl sites for hydroxylation is 1. The number of piperazine rings is 1. The molecule has 0 aromatic heterocycles. The number of hydrogen-bond donors (Lipinski definition) is 1. The van der Waals surface area contributed by atoms with E-state index < -0.39 is 15.8 Å². The molecule has 2 heterocycles. The van der Waals surface area contributed by atoms with E-state index in [1.807, 2.05) is 4.90 Å². The maximum Gasteiger partial charge on any atom is 0.261 e. The summed E-state index contributed by atoms with van der Waals surface area (Å²) in [6.07, 6.45) is 2.12. The predicted octanol–water partition coefficient (Wildman–Crippen LogP) is 2.32. The lowest BCUT2D eigenvalue weighted by Gasteiger charge is -2.35. The van der Waals surface area contributed by atoms with Gasteiger partial charge in [0.25, 0.3) is 15.9 Å². The molecule has 0 unspecified atom stereocenters. The second-order valence-electron chi connectivity index (χ2n) is 8.75. The van der Waals surface area contributed by atoms with Gasteiger partial charge in [0.05, 0.1) is 11.4 Å². The van der Waals surface area contributed by atoms with E-state index >= 15 is 0 Å². The Morgan fingerprint density at radius 2 is 1.65 bits per heavy atom. The van der Waals surface area contributed by atoms with E-state index in [1.54, 1.807) is 30.0 Å². The van der Waals surface area contributed by atoms with E-state index in [0.29, 0.717) is 43.9 Å². The standard InChI is InChI=1S/C24H29FN4O4S/c1-18-7-8-21(16-22(18)25)34(32,33)26-20-6-4-5-19(15-20)24(31)29-13-11-27(12-14-29)17-23(30)28-9-2-3-10-28/h4-8,15-16,26H,2-3,9-14,17H2,1H3. The molecule has 1 N–H and O–H groups in total. The molecule has 0 aliphatic carbocycles. The Morgan fingerprint density at radius 3 is 2.32 bits per heavy atom. The molecule has 0 spiro atoms. The summed E-state index contributed by atoms with van der Waals surface area (Å²) in [6.45, 7) is 5.79. The third kappa shape index (κ3) is 5.56. The molecule has 34 heavy (non-hydrogen) atoms. The first-order valence-electron chi connectivity index (χ1n) is 11.4. The molecule has 8 nitrogen and oxygen atoms in total. The van der Waals surface area contributed by atoms with Crippen LogP contribution in [0, 0.1) is 12.7 Å². The van der Waals surface area contributed by atoms with Crippen molar-refractivity contribution in [2.75, 3.05) is 50.5 Å². The van der Waals surface area contributed by atoms with Gasteiger partial charge in [-0.3, -0.25) is 19.2 Å². The van der Waals surface area contributed by atoms with Crippen molar-refractivity contribution in [1.82, 2.24) is 14.7 Å². The molecule has 2 saturated heterocycles. The van der Waals surface area contributed by atoms with Crippen molar-refractivity contribution in [3.8, 4) is 0 Å². The summed E-state index contributed by atoms with van der Waals surface area (Å²) in [5, 5.41) is 0. The first-order valence-corrected chi connectivity index (χ1v) is 12.9. The van der Waals surface area contributed by atoms with E-state index in [4.69, 9.17) is 0 Å². The van der Waals surface area contributed by atoms with Gasteiger partial charge in [0.2, 0.25) is 5.91 Å². The van der Waals surface area contributed by atoms with Crippen LogP contribution >= 0.6 is 0 Å². The van der Waals surface area contributed by atoms with Crippen molar-refractivity contribution in [3.63, 3.8) is 0 Å². The molecule has 0 bridgehead atoms. The minimum Gasteiger partial charge on any atom is -0.342 e. The molecular weight excluding hydrogens is 459 g/mol. The number of hydrogen-bond acceptors (Lipinski definition) is 5. The number of anilines is 1. The number of carbonyl (C=O) groups is 2. The average Bonchev–Trinajstić information content (AvgIpc) is 3.36. The zero-order valence-corrected chi connectivity index (χ0v) is 20.0. The normalized spacial score (nSPS) is 17.1. The van der Waals surface area contributed by atoms with Crippen LogP contribution in [0.25, 0.3) is 0 Å². The van der Waals surface area contributed by atoms with Crippen LogP contribution in [-0.4, -0.2) is 80.7 Å². The number of sulfonamides is 1. The molecule has 2 aromatic carbocycles. The van der Waals surface area contributed by atoms with Gasteiger partial charge in [-0.2, -0.15) is 0 Å². The predicted molar refractivity (Wildman–Crippen MR) is 127 cm³/mol. The van der Waals surface area contributed by atoms with Crippen LogP contribution in [0.15, 0.2) is 47.4 Å². The lowest BCUT2D eigenvalue weighted by atomic mass is 10.1. The van der Waals surface area contributed by atoms with Crippen LogP contribution in [0.1, 0.15) is 28.8 Å². The lowest BCUT2D eigenvalue weighted by molar-refractivity contribution is -0.131. The third-order valence-corrected chi connectivity index (χ3v) is 7.67. The minimum atomic E-state index is -4.00. The highest BCUT2D eigenvalue weighted by Gasteiger charge is 2.26. The number of nitrogens with zero attached hydrogens (tertiary/aromatic N) is 3. The Hall–Kier alpha value is -2.98. The van der Waals surface area contributed by atoms with Crippen LogP contribution in [0.3, 0.4) is 0 Å². The Balaban J connectivity index is 1.36. The van der Waals surface area contributed by atoms with Gasteiger partial charge in [0.1, 0.15) is 5.82 Å². The van der Waals surface area contributed by atoms with Gasteiger partial charge in [-0.25, -0.2) is 12.8 Å². The maximum absolute atomic E-state index is 13.8. The maximum atomic E-state index is 13.8. The summed E-state index contributed by atoms with van der Waals surface area (Å²) in [6, 6.07) is 9.97. The topological polar surface area (TPSA) is 90.0 Å². The van der Waals surface area contributed by atoms with E-state index in [0.717, 1.165) is 32.0 Å². The summed E-state index contributed by atoms with van der Waals surface area (Å²) in [5.74, 6) is -0.660. The Kier molecular flexibility index (Phi) is 7.18. The first-order chi connectivity index (χ1) is 16.2. The first kappa shape index (κ1) is 24.2. The molecule has 182 valence electrons. The highest BCUT2D eigenvalue weighted by atomic mass is 32.2. The quantitative estimate of drug-likeness (QED) is 0.674. The molecule has 0 radical (unpaired) electrons. The second kappa shape index (κ2) is 10.1. The minimum absolute atomic E-state index is 0.144. The SMILES string of the molecule is Cc1ccc(S(=O)(=O)Nc2cccc(C(=O)N3CCN(CC(=O)N4CCCC4)CC3)c2)cc1F. The van der Waals surface area contributed by atoms with Gasteiger partial charge in [-0.1, -0.05) is 12.1 Å². The average molecular weight is 489 g/mol. The zero-order valence-electron chi connectivity index (χ0n) is 19.2. The summed E-state index contributed by atoms with van der Waals surface area (Å²) in [4.78, 5) is 30.9. The fourth-order valence-electron chi connectivity index (χ4n) is 4.22. The van der Waals surface area contributed by atoms with Gasteiger partial charge >= 0.3 is 0 Å². The van der Waals surface area contributed by atoms with Crippen LogP contribution in [0.2, 0.25) is 0 Å². The van der Waals surface area contributed by atoms with E-state index in [2.05, 4.69) is 9.62 Å². The number of benzene rings is 2. The summed E-state index contributed by atoms with van der Waals surface area (Å²) < 4.78 is 41.6. The summed E-state index contributed by atoms with van der Waals surface area (Å²) in [7, 11) is -4.00. The van der Waals surface area contributed by atoms with Gasteiger partial charge in [-0.05, 0) is 55.7 Å². The van der Waals surface area contributed by atoms with Crippen molar-refractivity contribution in [1.29, 1.82) is 0 Å². The highest BCUT2D eigenvalue weighted by Crippen LogP contribution is 2.20. The largest absolute Gasteiger partial charge is 0.342 e. The van der Waals surface area contributed by atoms with E-state index in [-0.39, 0.29) is 22.4 Å². The lowest BCUT2D eigenvalue weighted by Crippen LogP contribution is -2.51. The van der Waals surface area contributed by atoms with Crippen molar-refractivity contribution in [2.45, 2.75) is 24.7 Å². The Morgan fingerprint density at radius 1 is 0.941 bits per heavy atom. The van der Waals surface area contributed by atoms with Crippen molar-refractivity contribution in [2.24, 2.45) is 0 Å². The number of halogens is 1. The van der Waals surface area contributed by atoms with Crippen LogP contribution in [0.4, 0.5) is 10.1 Å². The van der Waals surface area contributed by atoms with E-state index in [9.17, 15) is 22.4 Å². The number of amides is 2. The zero-order chi connectivity index (χ0) is 24.3.